The van der Waals surface area contributed by atoms with Crippen LogP contribution in [0.15, 0.2) is 25.9 Å². The minimum Gasteiger partial charge on any atom is -0.317 e. The Morgan fingerprint density at radius 3 is 2.69 bits per heavy atom. The van der Waals surface area contributed by atoms with Gasteiger partial charge in [0.1, 0.15) is 0 Å². The molecule has 0 saturated carbocycles. The summed E-state index contributed by atoms with van der Waals surface area (Å²) in [4.78, 5) is 11.4. The summed E-state index contributed by atoms with van der Waals surface area (Å²) < 4.78 is 6.74. The zero-order valence-electron chi connectivity index (χ0n) is 9.82. The highest BCUT2D eigenvalue weighted by Crippen LogP contribution is 2.24. The Kier molecular flexibility index (Phi) is 4.38. The van der Waals surface area contributed by atoms with E-state index in [0.717, 1.165) is 10.0 Å². The topological polar surface area (TPSA) is 34.4 Å². The van der Waals surface area contributed by atoms with Gasteiger partial charge in [-0.05, 0) is 48.6 Å². The third-order valence-corrected chi connectivity index (χ3v) is 3.15. The summed E-state index contributed by atoms with van der Waals surface area (Å²) in [6, 6.07) is 1.57. The number of hydrogen-bond donors (Lipinski definition) is 0. The molecule has 1 aromatic heterocycles. The molecular weight excluding hydrogens is 288 g/mol. The van der Waals surface area contributed by atoms with Gasteiger partial charge in [-0.2, -0.15) is 0 Å². The van der Waals surface area contributed by atoms with Gasteiger partial charge in [0.25, 0.3) is 5.56 Å². The van der Waals surface area contributed by atoms with Crippen molar-refractivity contribution in [2.45, 2.75) is 25.5 Å². The van der Waals surface area contributed by atoms with E-state index in [1.165, 1.54) is 16.5 Å². The van der Waals surface area contributed by atoms with Crippen molar-refractivity contribution in [1.29, 1.82) is 0 Å². The van der Waals surface area contributed by atoms with Gasteiger partial charge in [0.2, 0.25) is 0 Å². The number of nitrogens with zero attached hydrogens (tertiary/aromatic N) is 2. The average molecular weight is 303 g/mol. The van der Waals surface area contributed by atoms with Gasteiger partial charge in [-0.1, -0.05) is 0 Å². The smallest absolute Gasteiger partial charge is 0.250 e. The molecule has 0 fully saturated rings. The van der Waals surface area contributed by atoms with Crippen molar-refractivity contribution in [3.05, 3.63) is 32.7 Å². The number of halogens is 1. The van der Waals surface area contributed by atoms with Crippen molar-refractivity contribution in [3.63, 3.8) is 0 Å². The number of rotatable bonds is 2. The number of hydrogen-bond acceptors (Lipinski definition) is 3. The molecule has 3 nitrogen and oxygen atoms in total. The average Bonchev–Trinajstić information content (AvgIpc) is 2.11. The lowest BCUT2D eigenvalue weighted by Gasteiger charge is -2.12. The molecule has 5 heteroatoms. The van der Waals surface area contributed by atoms with Gasteiger partial charge in [0.05, 0.1) is 0 Å². The van der Waals surface area contributed by atoms with Crippen LogP contribution in [0.3, 0.4) is 0 Å². The minimum absolute atomic E-state index is 0.0367. The molecular formula is C11H15BrN2OS. The Balaban J connectivity index is 2.90. The van der Waals surface area contributed by atoms with Crippen molar-refractivity contribution in [2.75, 3.05) is 0 Å². The highest BCUT2D eigenvalue weighted by molar-refractivity contribution is 9.10. The van der Waals surface area contributed by atoms with E-state index in [9.17, 15) is 4.79 Å². The summed E-state index contributed by atoms with van der Waals surface area (Å²) in [5.41, 5.74) is 0.769. The minimum atomic E-state index is -0.0367. The first-order valence-corrected chi connectivity index (χ1v) is 6.44. The van der Waals surface area contributed by atoms with E-state index >= 15 is 0 Å². The zero-order valence-corrected chi connectivity index (χ0v) is 12.2. The van der Waals surface area contributed by atoms with Crippen LogP contribution in [-0.2, 0) is 7.05 Å². The summed E-state index contributed by atoms with van der Waals surface area (Å²) >= 11 is 4.89. The van der Waals surface area contributed by atoms with Crippen molar-refractivity contribution >= 4 is 34.1 Å². The zero-order chi connectivity index (χ0) is 12.3. The van der Waals surface area contributed by atoms with Crippen molar-refractivity contribution < 1.29 is 0 Å². The highest BCUT2D eigenvalue weighted by Gasteiger charge is 2.09. The molecule has 0 amide bonds. The van der Waals surface area contributed by atoms with Gasteiger partial charge in [0, 0.05) is 40.3 Å². The third-order valence-electron chi connectivity index (χ3n) is 1.73. The van der Waals surface area contributed by atoms with Crippen LogP contribution in [0.1, 0.15) is 26.3 Å². The SMILES string of the molecule is Cn1cc(Br)c(C=NSC(C)(C)C)cc1=O. The summed E-state index contributed by atoms with van der Waals surface area (Å²) in [6.07, 6.45) is 3.45. The first-order chi connectivity index (χ1) is 7.29. The van der Waals surface area contributed by atoms with Crippen LogP contribution in [0.2, 0.25) is 0 Å². The Hall–Kier alpha value is -0.550. The molecule has 0 bridgehead atoms. The number of pyridine rings is 1. The monoisotopic (exact) mass is 302 g/mol. The largest absolute Gasteiger partial charge is 0.317 e. The Labute approximate surface area is 108 Å². The summed E-state index contributed by atoms with van der Waals surface area (Å²) in [6.45, 7) is 6.27. The predicted octanol–water partition coefficient (Wildman–Crippen LogP) is 3.01. The Bertz CT molecular complexity index is 460. The molecule has 0 saturated heterocycles. The van der Waals surface area contributed by atoms with Gasteiger partial charge in [0.15, 0.2) is 0 Å². The lowest BCUT2D eigenvalue weighted by atomic mass is 10.3. The lowest BCUT2D eigenvalue weighted by molar-refractivity contribution is 0.804. The molecule has 88 valence electrons. The van der Waals surface area contributed by atoms with E-state index in [1.807, 2.05) is 0 Å². The van der Waals surface area contributed by atoms with Crippen LogP contribution in [-0.4, -0.2) is 15.5 Å². The second-order valence-corrected chi connectivity index (χ2v) is 6.94. The molecule has 0 unspecified atom stereocenters. The molecule has 1 rings (SSSR count). The molecule has 0 aromatic carbocycles. The first kappa shape index (κ1) is 13.5. The predicted molar refractivity (Wildman–Crippen MR) is 74.3 cm³/mol. The maximum absolute atomic E-state index is 11.4. The van der Waals surface area contributed by atoms with Crippen molar-refractivity contribution in [2.24, 2.45) is 11.4 Å². The molecule has 0 atom stereocenters. The summed E-state index contributed by atoms with van der Waals surface area (Å²) in [5, 5.41) is 0. The van der Waals surface area contributed by atoms with E-state index in [0.29, 0.717) is 0 Å². The fourth-order valence-corrected chi connectivity index (χ4v) is 1.96. The molecule has 0 N–H and O–H groups in total. The molecule has 0 aliphatic carbocycles. The highest BCUT2D eigenvalue weighted by atomic mass is 79.9. The van der Waals surface area contributed by atoms with Gasteiger partial charge in [-0.15, -0.1) is 0 Å². The molecule has 0 radical (unpaired) electrons. The van der Waals surface area contributed by atoms with E-state index in [1.54, 1.807) is 25.5 Å². The van der Waals surface area contributed by atoms with E-state index in [-0.39, 0.29) is 10.3 Å². The van der Waals surface area contributed by atoms with Gasteiger partial charge < -0.3 is 4.57 Å². The normalized spacial score (nSPS) is 12.3. The summed E-state index contributed by atoms with van der Waals surface area (Å²) in [5.74, 6) is 0. The molecule has 0 spiro atoms. The molecule has 0 aliphatic heterocycles. The van der Waals surface area contributed by atoms with Crippen LogP contribution in [0.4, 0.5) is 0 Å². The van der Waals surface area contributed by atoms with Crippen molar-refractivity contribution in [1.82, 2.24) is 4.57 Å². The quantitative estimate of drug-likeness (QED) is 0.622. The molecule has 1 heterocycles. The summed E-state index contributed by atoms with van der Waals surface area (Å²) in [7, 11) is 1.72. The first-order valence-electron chi connectivity index (χ1n) is 4.87. The fraction of sp³-hybridized carbons (Fsp3) is 0.455. The Morgan fingerprint density at radius 2 is 2.12 bits per heavy atom. The number of aromatic nitrogens is 1. The van der Waals surface area contributed by atoms with E-state index in [2.05, 4.69) is 41.1 Å². The maximum atomic E-state index is 11.4. The van der Waals surface area contributed by atoms with Gasteiger partial charge in [-0.3, -0.25) is 4.79 Å². The van der Waals surface area contributed by atoms with Crippen LogP contribution in [0.5, 0.6) is 0 Å². The third kappa shape index (κ3) is 4.14. The molecule has 16 heavy (non-hydrogen) atoms. The standard InChI is InChI=1S/C11H15BrN2OS/c1-11(2,3)16-13-6-8-5-10(15)14(4)7-9(8)12/h5-7H,1-4H3. The van der Waals surface area contributed by atoms with Crippen LogP contribution in [0, 0.1) is 0 Å². The van der Waals surface area contributed by atoms with E-state index in [4.69, 9.17) is 0 Å². The maximum Gasteiger partial charge on any atom is 0.250 e. The van der Waals surface area contributed by atoms with Crippen LogP contribution in [0.25, 0.3) is 0 Å². The van der Waals surface area contributed by atoms with Crippen LogP contribution >= 0.6 is 27.9 Å². The van der Waals surface area contributed by atoms with Crippen molar-refractivity contribution in [3.8, 4) is 0 Å². The molecule has 0 aliphatic rings. The Morgan fingerprint density at radius 1 is 1.50 bits per heavy atom. The van der Waals surface area contributed by atoms with Crippen LogP contribution < -0.4 is 5.56 Å². The second-order valence-electron chi connectivity index (χ2n) is 4.46. The van der Waals surface area contributed by atoms with E-state index < -0.39 is 0 Å². The second kappa shape index (κ2) is 5.19. The van der Waals surface area contributed by atoms with Gasteiger partial charge in [-0.25, -0.2) is 4.40 Å². The lowest BCUT2D eigenvalue weighted by Crippen LogP contribution is -2.15. The molecule has 1 aromatic rings. The number of aryl methyl sites for hydroxylation is 1. The van der Waals surface area contributed by atoms with Gasteiger partial charge >= 0.3 is 0 Å². The fourth-order valence-electron chi connectivity index (χ4n) is 0.952.